The first kappa shape index (κ1) is 11.0. The van der Waals surface area contributed by atoms with Crippen molar-refractivity contribution in [1.29, 1.82) is 0 Å². The summed E-state index contributed by atoms with van der Waals surface area (Å²) in [7, 11) is 0. The van der Waals surface area contributed by atoms with E-state index in [1.807, 2.05) is 0 Å². The van der Waals surface area contributed by atoms with E-state index in [-0.39, 0.29) is 13.8 Å². The van der Waals surface area contributed by atoms with Gasteiger partial charge in [0.05, 0.1) is 0 Å². The van der Waals surface area contributed by atoms with Crippen molar-refractivity contribution in [3.63, 3.8) is 0 Å². The van der Waals surface area contributed by atoms with E-state index < -0.39 is 16.3 Å². The second-order valence-electron chi connectivity index (χ2n) is 2.37. The van der Waals surface area contributed by atoms with Crippen LogP contribution in [-0.4, -0.2) is 0 Å². The average molecular weight is 235 g/mol. The van der Waals surface area contributed by atoms with E-state index in [1.165, 1.54) is 0 Å². The van der Waals surface area contributed by atoms with Gasteiger partial charge in [0.25, 0.3) is 0 Å². The molecular formula is C3H7F7Ni. The number of halogens is 7. The Bertz CT molecular complexity index is 207. The normalized spacial score (nSPS) is 28.2. The standard InChI is InChI=1S/C3H7.7FH.Ni/c1-3-2;;;;;;;;/h3H,1-2H3;7*1H;/q;;;;;;;;+7/p-7. The Hall–Kier alpha value is 0.00351. The Kier molecular flexibility index (Phi) is 0.844. The maximum absolute atomic E-state index is 13.4. The molecule has 0 unspecified atom stereocenters. The van der Waals surface area contributed by atoms with Gasteiger partial charge in [0.15, 0.2) is 0 Å². The Morgan fingerprint density at radius 1 is 0.727 bits per heavy atom. The van der Waals surface area contributed by atoms with Crippen LogP contribution in [0.15, 0.2) is 0 Å². The molecule has 0 saturated carbocycles. The first-order valence-corrected chi connectivity index (χ1v) is 5.36. The zero-order valence-corrected chi connectivity index (χ0v) is 6.53. The van der Waals surface area contributed by atoms with Crippen LogP contribution in [0.25, 0.3) is 0 Å². The van der Waals surface area contributed by atoms with Gasteiger partial charge in [-0.15, -0.1) is 0 Å². The van der Waals surface area contributed by atoms with Crippen LogP contribution in [0, 0.1) is 0 Å². The molecule has 0 N–H and O–H groups in total. The van der Waals surface area contributed by atoms with Crippen molar-refractivity contribution in [1.82, 2.24) is 0 Å². The molecule has 11 heavy (non-hydrogen) atoms. The van der Waals surface area contributed by atoms with Gasteiger partial charge in [-0.25, -0.2) is 0 Å². The third kappa shape index (κ3) is 3.27. The van der Waals surface area contributed by atoms with Gasteiger partial charge in [-0.1, -0.05) is 0 Å². The van der Waals surface area contributed by atoms with Gasteiger partial charge in [-0.2, -0.15) is 0 Å². The molecule has 0 aromatic carbocycles. The minimum atomic E-state index is -13.4. The molecular weight excluding hydrogens is 228 g/mol. The van der Waals surface area contributed by atoms with Crippen molar-refractivity contribution in [2.24, 2.45) is 0 Å². The van der Waals surface area contributed by atoms with E-state index in [0.717, 1.165) is 0 Å². The molecule has 8 heteroatoms. The molecule has 0 saturated heterocycles. The quantitative estimate of drug-likeness (QED) is 0.469. The molecule has 0 aliphatic heterocycles. The van der Waals surface area contributed by atoms with E-state index in [0.29, 0.717) is 0 Å². The van der Waals surface area contributed by atoms with Gasteiger partial charge in [0, 0.05) is 0 Å². The number of hydrogen-bond donors (Lipinski definition) is 0. The van der Waals surface area contributed by atoms with Crippen molar-refractivity contribution in [3.8, 4) is 0 Å². The molecule has 0 aromatic heterocycles. The Morgan fingerprint density at radius 2 is 0.818 bits per heavy atom. The molecule has 0 amide bonds. The van der Waals surface area contributed by atoms with Crippen molar-refractivity contribution >= 4 is 0 Å². The monoisotopic (exact) mass is 234 g/mol. The first-order valence-electron chi connectivity index (χ1n) is 2.17. The van der Waals surface area contributed by atoms with Gasteiger partial charge in [-0.3, -0.25) is 0 Å². The third-order valence-corrected chi connectivity index (χ3v) is 3.98. The minimum absolute atomic E-state index is 0.285. The fraction of sp³-hybridized carbons (Fsp3) is 1.00. The van der Waals surface area contributed by atoms with E-state index >= 15 is 0 Å². The van der Waals surface area contributed by atoms with E-state index in [9.17, 15) is 25.3 Å². The van der Waals surface area contributed by atoms with Crippen LogP contribution in [0.2, 0.25) is 4.89 Å². The van der Waals surface area contributed by atoms with Crippen LogP contribution in [0.3, 0.4) is 0 Å². The SMILES string of the molecule is C[CH](C)[Ni]([F])([F])([F])([F])([F])([F])[F]. The van der Waals surface area contributed by atoms with Crippen molar-refractivity contribution < 1.29 is 36.6 Å². The van der Waals surface area contributed by atoms with Crippen LogP contribution in [0.1, 0.15) is 13.8 Å². The van der Waals surface area contributed by atoms with Gasteiger partial charge in [-0.05, 0) is 0 Å². The Labute approximate surface area is 56.3 Å². The van der Waals surface area contributed by atoms with Gasteiger partial charge >= 0.3 is 55.4 Å². The molecule has 0 spiro atoms. The number of rotatable bonds is 1. The number of hydrogen-bond acceptors (Lipinski definition) is 0. The first-order chi connectivity index (χ1) is 3.83. The fourth-order valence-electron chi connectivity index (χ4n) is 0. The average Bonchev–Trinajstić information content (AvgIpc) is 1.18. The Balaban J connectivity index is 6.06. The van der Waals surface area contributed by atoms with Crippen LogP contribution < -0.4 is 0 Å². The summed E-state index contributed by atoms with van der Waals surface area (Å²) in [5.41, 5.74) is 0. The van der Waals surface area contributed by atoms with Gasteiger partial charge in [0.2, 0.25) is 0 Å². The molecule has 78 valence electrons. The molecule has 0 aliphatic carbocycles. The molecule has 0 atom stereocenters. The predicted octanol–water partition coefficient (Wildman–Crippen LogP) is 4.30. The predicted molar refractivity (Wildman–Crippen MR) is 22.9 cm³/mol. The summed E-state index contributed by atoms with van der Waals surface area (Å²) in [5.74, 6) is 0. The van der Waals surface area contributed by atoms with Crippen molar-refractivity contribution in [3.05, 3.63) is 0 Å². The molecule has 0 rings (SSSR count). The summed E-state index contributed by atoms with van der Waals surface area (Å²) in [6, 6.07) is 0. The van der Waals surface area contributed by atoms with Crippen LogP contribution in [0.5, 0.6) is 0 Å². The summed E-state index contributed by atoms with van der Waals surface area (Å²) in [4.78, 5) is -3.96. The maximum atomic E-state index is 11.4. The fourth-order valence-corrected chi connectivity index (χ4v) is 0. The molecule has 0 aromatic rings. The molecule has 0 bridgehead atoms. The van der Waals surface area contributed by atoms with Crippen molar-refractivity contribution in [2.45, 2.75) is 18.7 Å². The van der Waals surface area contributed by atoms with E-state index in [1.54, 1.807) is 0 Å². The van der Waals surface area contributed by atoms with Gasteiger partial charge in [0.1, 0.15) is 0 Å². The molecule has 0 fully saturated rings. The topological polar surface area (TPSA) is 0 Å². The van der Waals surface area contributed by atoms with Gasteiger partial charge < -0.3 is 0 Å². The van der Waals surface area contributed by atoms with E-state index in [2.05, 4.69) is 0 Å². The van der Waals surface area contributed by atoms with Crippen LogP contribution in [0.4, 0.5) is 25.3 Å². The van der Waals surface area contributed by atoms with Crippen molar-refractivity contribution in [2.75, 3.05) is 0 Å². The van der Waals surface area contributed by atoms with E-state index in [4.69, 9.17) is 0 Å². The molecule has 0 radical (unpaired) electrons. The molecule has 0 nitrogen and oxygen atoms in total. The van der Waals surface area contributed by atoms with Crippen LogP contribution in [-0.2, 0) is 11.4 Å². The second kappa shape index (κ2) is 0.844. The molecule has 0 aliphatic rings. The summed E-state index contributed by atoms with van der Waals surface area (Å²) >= 11 is -13.4. The second-order valence-corrected chi connectivity index (χ2v) is 7.99. The Morgan fingerprint density at radius 3 is 0.818 bits per heavy atom. The zero-order chi connectivity index (χ0) is 9.93. The summed E-state index contributed by atoms with van der Waals surface area (Å²) in [6.07, 6.45) is 0. The summed E-state index contributed by atoms with van der Waals surface area (Å²) in [5, 5.41) is 0. The van der Waals surface area contributed by atoms with Crippen LogP contribution >= 0.6 is 0 Å². The third-order valence-electron chi connectivity index (χ3n) is 0.966. The summed E-state index contributed by atoms with van der Waals surface area (Å²) < 4.78 is 79.7. The molecule has 0 heterocycles. The zero-order valence-electron chi connectivity index (χ0n) is 5.54. The summed E-state index contributed by atoms with van der Waals surface area (Å²) in [6.45, 7) is -0.569.